The minimum atomic E-state index is -0.124. The van der Waals surface area contributed by atoms with Crippen molar-refractivity contribution in [3.8, 4) is 0 Å². The fraction of sp³-hybridized carbons (Fsp3) is 0.895. The minimum Gasteiger partial charge on any atom is -0.384 e. The van der Waals surface area contributed by atoms with Crippen LogP contribution in [0.3, 0.4) is 0 Å². The molecule has 5 heteroatoms. The number of nitrogens with zero attached hydrogens (tertiary/aromatic N) is 2. The van der Waals surface area contributed by atoms with Crippen LogP contribution in [0.4, 0.5) is 0 Å². The summed E-state index contributed by atoms with van der Waals surface area (Å²) in [6.45, 7) is 2.16. The zero-order valence-corrected chi connectivity index (χ0v) is 14.6. The van der Waals surface area contributed by atoms with E-state index in [-0.39, 0.29) is 5.41 Å². The Hall–Kier alpha value is -0.940. The van der Waals surface area contributed by atoms with Crippen LogP contribution in [0.2, 0.25) is 0 Å². The lowest BCUT2D eigenvalue weighted by atomic mass is 9.52. The molecule has 0 unspecified atom stereocenters. The highest BCUT2D eigenvalue weighted by molar-refractivity contribution is 5.14. The van der Waals surface area contributed by atoms with Gasteiger partial charge in [-0.05, 0) is 68.6 Å². The molecule has 2 heterocycles. The number of hydrogen-bond acceptors (Lipinski definition) is 5. The van der Waals surface area contributed by atoms with Gasteiger partial charge in [0.15, 0.2) is 5.82 Å². The molecule has 0 amide bonds. The molecule has 5 aliphatic rings. The average molecular weight is 332 g/mol. The van der Waals surface area contributed by atoms with E-state index in [2.05, 4.69) is 5.16 Å². The quantitative estimate of drug-likeness (QED) is 0.847. The van der Waals surface area contributed by atoms with E-state index in [9.17, 15) is 0 Å². The van der Waals surface area contributed by atoms with E-state index in [0.29, 0.717) is 12.5 Å². The standard InChI is InChI=1S/C19H28N2O3/c1-22-11-19(2-4-23-5-3-19)18-20-17(24-21-18)16-14-7-12-6-13(9-14)10-15(16)8-12/h12-16H,2-11H2,1H3. The number of aromatic nitrogens is 2. The monoisotopic (exact) mass is 332 g/mol. The number of methoxy groups -OCH3 is 1. The van der Waals surface area contributed by atoms with Crippen molar-refractivity contribution in [2.45, 2.75) is 56.3 Å². The van der Waals surface area contributed by atoms with Crippen LogP contribution in [0.5, 0.6) is 0 Å². The van der Waals surface area contributed by atoms with Gasteiger partial charge in [-0.2, -0.15) is 4.98 Å². The summed E-state index contributed by atoms with van der Waals surface area (Å²) in [7, 11) is 1.76. The molecule has 132 valence electrons. The Morgan fingerprint density at radius 1 is 1.04 bits per heavy atom. The van der Waals surface area contributed by atoms with Gasteiger partial charge in [-0.25, -0.2) is 0 Å². The van der Waals surface area contributed by atoms with Crippen LogP contribution >= 0.6 is 0 Å². The molecule has 0 atom stereocenters. The fourth-order valence-corrected chi connectivity index (χ4v) is 6.39. The van der Waals surface area contributed by atoms with E-state index in [0.717, 1.165) is 61.4 Å². The average Bonchev–Trinajstić information content (AvgIpc) is 3.05. The van der Waals surface area contributed by atoms with E-state index in [1.165, 1.54) is 32.1 Å². The number of rotatable bonds is 4. The van der Waals surface area contributed by atoms with Gasteiger partial charge in [-0.15, -0.1) is 0 Å². The Morgan fingerprint density at radius 2 is 1.71 bits per heavy atom. The molecule has 4 saturated carbocycles. The van der Waals surface area contributed by atoms with Gasteiger partial charge < -0.3 is 14.0 Å². The first-order valence-corrected chi connectivity index (χ1v) is 9.68. The molecule has 0 N–H and O–H groups in total. The highest BCUT2D eigenvalue weighted by Crippen LogP contribution is 2.59. The van der Waals surface area contributed by atoms with Gasteiger partial charge in [0.25, 0.3) is 0 Å². The van der Waals surface area contributed by atoms with Gasteiger partial charge >= 0.3 is 0 Å². The lowest BCUT2D eigenvalue weighted by Gasteiger charge is -2.53. The molecular weight excluding hydrogens is 304 g/mol. The van der Waals surface area contributed by atoms with Gasteiger partial charge in [-0.1, -0.05) is 5.16 Å². The largest absolute Gasteiger partial charge is 0.384 e. The van der Waals surface area contributed by atoms with Crippen LogP contribution in [-0.4, -0.2) is 37.1 Å². The first-order chi connectivity index (χ1) is 11.8. The summed E-state index contributed by atoms with van der Waals surface area (Å²) in [6, 6.07) is 0. The molecule has 24 heavy (non-hydrogen) atoms. The molecule has 5 fully saturated rings. The molecule has 0 aromatic carbocycles. The first kappa shape index (κ1) is 15.3. The summed E-state index contributed by atoms with van der Waals surface area (Å²) in [4.78, 5) is 4.96. The molecular formula is C19H28N2O3. The van der Waals surface area contributed by atoms with Crippen LogP contribution in [-0.2, 0) is 14.9 Å². The smallest absolute Gasteiger partial charge is 0.230 e. The Labute approximate surface area is 143 Å². The van der Waals surface area contributed by atoms with Crippen LogP contribution in [0.25, 0.3) is 0 Å². The molecule has 4 bridgehead atoms. The summed E-state index contributed by atoms with van der Waals surface area (Å²) in [5, 5.41) is 4.44. The van der Waals surface area contributed by atoms with Crippen molar-refractivity contribution in [3.63, 3.8) is 0 Å². The van der Waals surface area contributed by atoms with Gasteiger partial charge in [0.1, 0.15) is 0 Å². The molecule has 4 aliphatic carbocycles. The maximum Gasteiger partial charge on any atom is 0.230 e. The predicted octanol–water partition coefficient (Wildman–Crippen LogP) is 3.30. The molecule has 1 aromatic heterocycles. The maximum absolute atomic E-state index is 5.86. The highest BCUT2D eigenvalue weighted by atomic mass is 16.5. The van der Waals surface area contributed by atoms with Crippen LogP contribution in [0.15, 0.2) is 4.52 Å². The molecule has 1 aromatic rings. The third kappa shape index (κ3) is 2.35. The summed E-state index contributed by atoms with van der Waals surface area (Å²) in [6.07, 6.45) is 8.84. The predicted molar refractivity (Wildman–Crippen MR) is 87.7 cm³/mol. The van der Waals surface area contributed by atoms with Crippen molar-refractivity contribution in [2.24, 2.45) is 23.7 Å². The van der Waals surface area contributed by atoms with Crippen LogP contribution < -0.4 is 0 Å². The Kier molecular flexibility index (Phi) is 3.71. The van der Waals surface area contributed by atoms with E-state index in [4.69, 9.17) is 19.0 Å². The van der Waals surface area contributed by atoms with Crippen molar-refractivity contribution in [1.82, 2.24) is 10.1 Å². The lowest BCUT2D eigenvalue weighted by molar-refractivity contribution is -0.0131. The van der Waals surface area contributed by atoms with Crippen molar-refractivity contribution in [2.75, 3.05) is 26.9 Å². The summed E-state index contributed by atoms with van der Waals surface area (Å²) in [5.74, 6) is 5.80. The van der Waals surface area contributed by atoms with Gasteiger partial charge in [-0.3, -0.25) is 0 Å². The van der Waals surface area contributed by atoms with Crippen molar-refractivity contribution >= 4 is 0 Å². The zero-order chi connectivity index (χ0) is 16.1. The molecule has 1 aliphatic heterocycles. The topological polar surface area (TPSA) is 57.4 Å². The van der Waals surface area contributed by atoms with E-state index in [1.54, 1.807) is 7.11 Å². The normalized spacial score (nSPS) is 40.1. The van der Waals surface area contributed by atoms with Gasteiger partial charge in [0, 0.05) is 26.2 Å². The molecule has 6 rings (SSSR count). The van der Waals surface area contributed by atoms with Crippen molar-refractivity contribution in [3.05, 3.63) is 11.7 Å². The maximum atomic E-state index is 5.86. The van der Waals surface area contributed by atoms with Gasteiger partial charge in [0.2, 0.25) is 5.89 Å². The number of ether oxygens (including phenoxy) is 2. The minimum absolute atomic E-state index is 0.124. The Morgan fingerprint density at radius 3 is 2.33 bits per heavy atom. The lowest BCUT2D eigenvalue weighted by Crippen LogP contribution is -2.44. The second-order valence-electron chi connectivity index (χ2n) is 8.74. The third-order valence-electron chi connectivity index (χ3n) is 7.30. The van der Waals surface area contributed by atoms with Crippen LogP contribution in [0.1, 0.15) is 62.6 Å². The van der Waals surface area contributed by atoms with Crippen molar-refractivity contribution < 1.29 is 14.0 Å². The summed E-state index contributed by atoms with van der Waals surface area (Å²) in [5.41, 5.74) is -0.124. The molecule has 0 spiro atoms. The van der Waals surface area contributed by atoms with Crippen molar-refractivity contribution in [1.29, 1.82) is 0 Å². The summed E-state index contributed by atoms with van der Waals surface area (Å²) >= 11 is 0. The second kappa shape index (κ2) is 5.80. The van der Waals surface area contributed by atoms with E-state index >= 15 is 0 Å². The Bertz CT molecular complexity index is 560. The van der Waals surface area contributed by atoms with E-state index in [1.807, 2.05) is 0 Å². The second-order valence-corrected chi connectivity index (χ2v) is 8.74. The zero-order valence-electron chi connectivity index (χ0n) is 14.6. The number of hydrogen-bond donors (Lipinski definition) is 0. The SMILES string of the molecule is COCC1(c2noc(C3C4CC5CC(C4)CC3C5)n2)CCOCC1. The fourth-order valence-electron chi connectivity index (χ4n) is 6.39. The highest BCUT2D eigenvalue weighted by Gasteiger charge is 2.51. The van der Waals surface area contributed by atoms with E-state index < -0.39 is 0 Å². The Balaban J connectivity index is 1.42. The first-order valence-electron chi connectivity index (χ1n) is 9.68. The van der Waals surface area contributed by atoms with Gasteiger partial charge in [0.05, 0.1) is 12.0 Å². The molecule has 1 saturated heterocycles. The summed E-state index contributed by atoms with van der Waals surface area (Å²) < 4.78 is 16.9. The molecule has 0 radical (unpaired) electrons. The third-order valence-corrected chi connectivity index (χ3v) is 7.30. The molecule has 5 nitrogen and oxygen atoms in total. The van der Waals surface area contributed by atoms with Crippen LogP contribution in [0, 0.1) is 23.7 Å².